The van der Waals surface area contributed by atoms with Crippen molar-refractivity contribution in [3.63, 3.8) is 0 Å². The van der Waals surface area contributed by atoms with Crippen molar-refractivity contribution in [1.29, 1.82) is 0 Å². The number of nitrogens with zero attached hydrogens (tertiary/aromatic N) is 3. The minimum atomic E-state index is -0.0172. The Kier molecular flexibility index (Phi) is 8.06. The van der Waals surface area contributed by atoms with E-state index in [-0.39, 0.29) is 12.5 Å². The molecule has 0 bridgehead atoms. The number of carbonyl (C=O) groups excluding carboxylic acids is 1. The Morgan fingerprint density at radius 2 is 2.00 bits per heavy atom. The maximum Gasteiger partial charge on any atom is 0.241 e. The second-order valence-electron chi connectivity index (χ2n) is 6.08. The monoisotopic (exact) mass is 389 g/mol. The van der Waals surface area contributed by atoms with E-state index in [1.165, 1.54) is 4.88 Å². The second kappa shape index (κ2) is 10.5. The molecule has 1 amide bonds. The third-order valence-electron chi connectivity index (χ3n) is 3.84. The van der Waals surface area contributed by atoms with Gasteiger partial charge in [0.15, 0.2) is 5.96 Å². The highest BCUT2D eigenvalue weighted by Crippen LogP contribution is 2.13. The lowest BCUT2D eigenvalue weighted by Crippen LogP contribution is -2.42. The van der Waals surface area contributed by atoms with Crippen molar-refractivity contribution in [1.82, 2.24) is 20.5 Å². The van der Waals surface area contributed by atoms with E-state index in [9.17, 15) is 4.79 Å². The van der Waals surface area contributed by atoms with E-state index in [1.807, 2.05) is 30.5 Å². The van der Waals surface area contributed by atoms with Crippen LogP contribution in [0.3, 0.4) is 0 Å². The molecule has 2 aromatic rings. The van der Waals surface area contributed by atoms with E-state index < -0.39 is 0 Å². The largest absolute Gasteiger partial charge is 0.497 e. The van der Waals surface area contributed by atoms with Gasteiger partial charge in [-0.25, -0.2) is 9.98 Å². The molecular weight excluding hydrogens is 362 g/mol. The minimum Gasteiger partial charge on any atom is -0.497 e. The first-order valence-corrected chi connectivity index (χ1v) is 9.62. The minimum absolute atomic E-state index is 0.0172. The molecule has 2 rings (SSSR count). The van der Waals surface area contributed by atoms with Gasteiger partial charge in [0.25, 0.3) is 0 Å². The van der Waals surface area contributed by atoms with Crippen molar-refractivity contribution in [2.45, 2.75) is 26.4 Å². The Labute approximate surface area is 164 Å². The van der Waals surface area contributed by atoms with Gasteiger partial charge in [0.05, 0.1) is 26.7 Å². The average Bonchev–Trinajstić information content (AvgIpc) is 3.15. The molecule has 0 saturated heterocycles. The molecule has 0 aliphatic rings. The number of aromatic nitrogens is 1. The van der Waals surface area contributed by atoms with Crippen LogP contribution in [0.5, 0.6) is 5.75 Å². The summed E-state index contributed by atoms with van der Waals surface area (Å²) in [6.07, 6.45) is 2.88. The lowest BCUT2D eigenvalue weighted by molar-refractivity contribution is -0.127. The quantitative estimate of drug-likeness (QED) is 0.534. The number of benzene rings is 1. The standard InChI is InChI=1S/C19H27N5O2S/c1-5-16-11-20-17(27-16)12-22-19(23-13-18(25)24(2)3)21-10-14-6-8-15(26-4)9-7-14/h6-9,11H,5,10,12-13H2,1-4H3,(H2,21,22,23). The molecule has 27 heavy (non-hydrogen) atoms. The zero-order valence-electron chi connectivity index (χ0n) is 16.3. The SMILES string of the molecule is CCc1cnc(CNC(=NCc2ccc(OC)cc2)NCC(=O)N(C)C)s1. The van der Waals surface area contributed by atoms with E-state index in [2.05, 4.69) is 27.5 Å². The van der Waals surface area contributed by atoms with Crippen molar-refractivity contribution >= 4 is 23.2 Å². The number of rotatable bonds is 8. The van der Waals surface area contributed by atoms with Gasteiger partial charge in [-0.1, -0.05) is 19.1 Å². The number of carbonyl (C=O) groups is 1. The van der Waals surface area contributed by atoms with Gasteiger partial charge in [-0.15, -0.1) is 11.3 Å². The number of thiazole rings is 1. The fraction of sp³-hybridized carbons (Fsp3) is 0.421. The molecular formula is C19H27N5O2S. The summed E-state index contributed by atoms with van der Waals surface area (Å²) in [4.78, 5) is 23.6. The van der Waals surface area contributed by atoms with Crippen LogP contribution >= 0.6 is 11.3 Å². The van der Waals surface area contributed by atoms with Gasteiger partial charge < -0.3 is 20.3 Å². The highest BCUT2D eigenvalue weighted by atomic mass is 32.1. The fourth-order valence-electron chi connectivity index (χ4n) is 2.15. The maximum absolute atomic E-state index is 11.9. The Bertz CT molecular complexity index is 756. The molecule has 0 saturated carbocycles. The van der Waals surface area contributed by atoms with Crippen LogP contribution in [0, 0.1) is 0 Å². The molecule has 7 nitrogen and oxygen atoms in total. The molecule has 0 aliphatic heterocycles. The van der Waals surface area contributed by atoms with Gasteiger partial charge in [-0.05, 0) is 24.1 Å². The zero-order valence-corrected chi connectivity index (χ0v) is 17.1. The predicted octanol–water partition coefficient (Wildman–Crippen LogP) is 2.04. The second-order valence-corrected chi connectivity index (χ2v) is 7.28. The molecule has 1 aromatic heterocycles. The molecule has 0 fully saturated rings. The number of likely N-dealkylation sites (N-methyl/N-ethyl adjacent to an activating group) is 1. The molecule has 0 radical (unpaired) electrons. The molecule has 8 heteroatoms. The third-order valence-corrected chi connectivity index (χ3v) is 4.98. The van der Waals surface area contributed by atoms with Gasteiger partial charge in [-0.2, -0.15) is 0 Å². The summed E-state index contributed by atoms with van der Waals surface area (Å²) in [5, 5.41) is 7.33. The van der Waals surface area contributed by atoms with Gasteiger partial charge in [0.2, 0.25) is 5.91 Å². The van der Waals surface area contributed by atoms with E-state index >= 15 is 0 Å². The van der Waals surface area contributed by atoms with Crippen LogP contribution in [-0.2, 0) is 24.3 Å². The number of hydrogen-bond donors (Lipinski definition) is 2. The fourth-order valence-corrected chi connectivity index (χ4v) is 2.95. The van der Waals surface area contributed by atoms with Gasteiger partial charge in [0.1, 0.15) is 10.8 Å². The van der Waals surface area contributed by atoms with Crippen molar-refractivity contribution in [2.75, 3.05) is 27.7 Å². The molecule has 0 unspecified atom stereocenters. The summed E-state index contributed by atoms with van der Waals surface area (Å²) in [6, 6.07) is 7.75. The van der Waals surface area contributed by atoms with Crippen LogP contribution in [0.2, 0.25) is 0 Å². The summed E-state index contributed by atoms with van der Waals surface area (Å²) < 4.78 is 5.17. The van der Waals surface area contributed by atoms with E-state index in [4.69, 9.17) is 4.74 Å². The van der Waals surface area contributed by atoms with Crippen molar-refractivity contribution in [3.8, 4) is 5.75 Å². The van der Waals surface area contributed by atoms with E-state index in [0.717, 1.165) is 22.7 Å². The van der Waals surface area contributed by atoms with Crippen LogP contribution in [0.25, 0.3) is 0 Å². The van der Waals surface area contributed by atoms with Crippen LogP contribution in [0.1, 0.15) is 22.4 Å². The van der Waals surface area contributed by atoms with Gasteiger partial charge in [-0.3, -0.25) is 4.79 Å². The van der Waals surface area contributed by atoms with Crippen molar-refractivity contribution in [3.05, 3.63) is 45.9 Å². The first-order valence-electron chi connectivity index (χ1n) is 8.80. The molecule has 0 aliphatic carbocycles. The van der Waals surface area contributed by atoms with Gasteiger partial charge >= 0.3 is 0 Å². The van der Waals surface area contributed by atoms with E-state index in [0.29, 0.717) is 19.0 Å². The topological polar surface area (TPSA) is 78.9 Å². The number of nitrogens with one attached hydrogen (secondary N) is 2. The smallest absolute Gasteiger partial charge is 0.241 e. The first kappa shape index (κ1) is 20.7. The van der Waals surface area contributed by atoms with Crippen LogP contribution in [0.4, 0.5) is 0 Å². The Hall–Kier alpha value is -2.61. The Morgan fingerprint density at radius 3 is 2.59 bits per heavy atom. The molecule has 0 atom stereocenters. The van der Waals surface area contributed by atoms with Crippen molar-refractivity contribution in [2.24, 2.45) is 4.99 Å². The lowest BCUT2D eigenvalue weighted by Gasteiger charge is -2.14. The number of amides is 1. The maximum atomic E-state index is 11.9. The highest BCUT2D eigenvalue weighted by Gasteiger charge is 2.07. The zero-order chi connectivity index (χ0) is 19.6. The number of hydrogen-bond acceptors (Lipinski definition) is 5. The summed E-state index contributed by atoms with van der Waals surface area (Å²) >= 11 is 1.68. The average molecular weight is 390 g/mol. The molecule has 2 N–H and O–H groups in total. The van der Waals surface area contributed by atoms with Gasteiger partial charge in [0, 0.05) is 25.2 Å². The number of methoxy groups -OCH3 is 1. The van der Waals surface area contributed by atoms with Crippen LogP contribution < -0.4 is 15.4 Å². The van der Waals surface area contributed by atoms with Crippen LogP contribution in [-0.4, -0.2) is 49.5 Å². The van der Waals surface area contributed by atoms with E-state index in [1.54, 1.807) is 37.4 Å². The summed E-state index contributed by atoms with van der Waals surface area (Å²) in [7, 11) is 5.10. The molecule has 1 heterocycles. The number of aliphatic imine (C=N–C) groups is 1. The predicted molar refractivity (Wildman–Crippen MR) is 109 cm³/mol. The van der Waals surface area contributed by atoms with Crippen LogP contribution in [0.15, 0.2) is 35.5 Å². The number of ether oxygens (including phenoxy) is 1. The summed E-state index contributed by atoms with van der Waals surface area (Å²) in [5.41, 5.74) is 1.05. The van der Waals surface area contributed by atoms with Crippen molar-refractivity contribution < 1.29 is 9.53 Å². The number of guanidine groups is 1. The number of aryl methyl sites for hydroxylation is 1. The molecule has 146 valence electrons. The normalized spacial score (nSPS) is 11.2. The Balaban J connectivity index is 2.01. The molecule has 0 spiro atoms. The Morgan fingerprint density at radius 1 is 1.26 bits per heavy atom. The summed E-state index contributed by atoms with van der Waals surface area (Å²) in [5.74, 6) is 1.37. The summed E-state index contributed by atoms with van der Waals surface area (Å²) in [6.45, 7) is 3.35. The highest BCUT2D eigenvalue weighted by molar-refractivity contribution is 7.11. The molecule has 1 aromatic carbocycles. The lowest BCUT2D eigenvalue weighted by atomic mass is 10.2. The first-order chi connectivity index (χ1) is 13.0. The third kappa shape index (κ3) is 6.90.